The summed E-state index contributed by atoms with van der Waals surface area (Å²) in [6.07, 6.45) is -0.0765. The van der Waals surface area contributed by atoms with Crippen molar-refractivity contribution in [3.63, 3.8) is 0 Å². The molecule has 1 unspecified atom stereocenters. The summed E-state index contributed by atoms with van der Waals surface area (Å²) in [6, 6.07) is 21.7. The highest BCUT2D eigenvalue weighted by Gasteiger charge is 2.33. The van der Waals surface area contributed by atoms with Crippen molar-refractivity contribution < 1.29 is 24.9 Å². The Balaban J connectivity index is 1.63. The zero-order chi connectivity index (χ0) is 22.7. The molecule has 7 nitrogen and oxygen atoms in total. The van der Waals surface area contributed by atoms with Gasteiger partial charge in [0.15, 0.2) is 11.5 Å². The number of amides is 1. The van der Waals surface area contributed by atoms with E-state index in [0.717, 1.165) is 16.7 Å². The minimum absolute atomic E-state index is 0.181. The first-order valence-corrected chi connectivity index (χ1v) is 10.2. The van der Waals surface area contributed by atoms with Crippen LogP contribution in [0.25, 0.3) is 11.1 Å². The second-order valence-electron chi connectivity index (χ2n) is 7.59. The fourth-order valence-electron chi connectivity index (χ4n) is 3.74. The molecule has 32 heavy (non-hydrogen) atoms. The number of phenolic OH excluding ortho intramolecular Hbond substituents is 2. The van der Waals surface area contributed by atoms with Crippen molar-refractivity contribution in [3.8, 4) is 22.6 Å². The number of carbonyl (C=O) groups is 2. The average molecular weight is 430 g/mol. The lowest BCUT2D eigenvalue weighted by atomic mass is 9.96. The van der Waals surface area contributed by atoms with Gasteiger partial charge in [-0.05, 0) is 34.4 Å². The molecule has 0 radical (unpaired) electrons. The van der Waals surface area contributed by atoms with Gasteiger partial charge in [-0.15, -0.1) is 0 Å². The van der Waals surface area contributed by atoms with Crippen molar-refractivity contribution >= 4 is 17.6 Å². The number of benzene rings is 3. The molecule has 0 bridgehead atoms. The number of carbonyl (C=O) groups excluding carboxylic acids is 1. The van der Waals surface area contributed by atoms with Gasteiger partial charge in [0.25, 0.3) is 0 Å². The van der Waals surface area contributed by atoms with Crippen LogP contribution in [0, 0.1) is 0 Å². The van der Waals surface area contributed by atoms with Gasteiger partial charge in [0.05, 0.1) is 18.2 Å². The molecule has 1 aliphatic rings. The van der Waals surface area contributed by atoms with Crippen LogP contribution in [0.2, 0.25) is 0 Å². The van der Waals surface area contributed by atoms with Crippen LogP contribution in [0.3, 0.4) is 0 Å². The third-order valence-corrected chi connectivity index (χ3v) is 5.43. The van der Waals surface area contributed by atoms with Crippen LogP contribution >= 0.6 is 0 Å². The number of carboxylic acids is 1. The summed E-state index contributed by atoms with van der Waals surface area (Å²) < 4.78 is 0. The van der Waals surface area contributed by atoms with Gasteiger partial charge < -0.3 is 15.3 Å². The molecule has 0 aromatic heterocycles. The Morgan fingerprint density at radius 3 is 2.16 bits per heavy atom. The summed E-state index contributed by atoms with van der Waals surface area (Å²) in [4.78, 5) is 23.7. The molecule has 3 aromatic rings. The van der Waals surface area contributed by atoms with Crippen LogP contribution in [0.1, 0.15) is 36.4 Å². The Bertz CT molecular complexity index is 1170. The SMILES string of the molecule is O=C(O)CCC(=O)N1N=C(c2ccc(-c3ccccc3)cc2)CC1c1ccc(O)c(O)c1. The molecular weight excluding hydrogens is 408 g/mol. The van der Waals surface area contributed by atoms with Crippen molar-refractivity contribution in [2.24, 2.45) is 5.10 Å². The monoisotopic (exact) mass is 430 g/mol. The van der Waals surface area contributed by atoms with Gasteiger partial charge in [-0.25, -0.2) is 5.01 Å². The summed E-state index contributed by atoms with van der Waals surface area (Å²) >= 11 is 0. The Morgan fingerprint density at radius 1 is 0.844 bits per heavy atom. The predicted octanol–water partition coefficient (Wildman–Crippen LogP) is 4.31. The summed E-state index contributed by atoms with van der Waals surface area (Å²) in [5, 5.41) is 34.3. The first-order chi connectivity index (χ1) is 15.4. The molecule has 162 valence electrons. The van der Waals surface area contributed by atoms with Crippen LogP contribution in [-0.4, -0.2) is 37.9 Å². The number of rotatable bonds is 6. The second-order valence-corrected chi connectivity index (χ2v) is 7.59. The molecule has 0 fully saturated rings. The Labute approximate surface area is 184 Å². The fraction of sp³-hybridized carbons (Fsp3) is 0.160. The standard InChI is InChI=1S/C25H22N2O5/c28-22-11-10-19(14-23(22)29)21-15-20(26-27(21)24(30)12-13-25(31)32)18-8-6-17(7-9-18)16-4-2-1-3-5-16/h1-11,14,21,28-29H,12-13,15H2,(H,31,32). The van der Waals surface area contributed by atoms with E-state index in [2.05, 4.69) is 5.10 Å². The summed E-state index contributed by atoms with van der Waals surface area (Å²) in [5.74, 6) is -2.02. The van der Waals surface area contributed by atoms with Gasteiger partial charge in [-0.3, -0.25) is 9.59 Å². The van der Waals surface area contributed by atoms with Gasteiger partial charge in [0.2, 0.25) is 5.91 Å². The van der Waals surface area contributed by atoms with Crippen LogP contribution in [0.15, 0.2) is 77.9 Å². The first-order valence-electron chi connectivity index (χ1n) is 10.2. The maximum Gasteiger partial charge on any atom is 0.303 e. The Morgan fingerprint density at radius 2 is 1.50 bits per heavy atom. The maximum absolute atomic E-state index is 12.7. The van der Waals surface area contributed by atoms with E-state index >= 15 is 0 Å². The smallest absolute Gasteiger partial charge is 0.303 e. The molecule has 0 saturated heterocycles. The number of nitrogens with zero attached hydrogens (tertiary/aromatic N) is 2. The zero-order valence-corrected chi connectivity index (χ0v) is 17.2. The van der Waals surface area contributed by atoms with E-state index in [9.17, 15) is 19.8 Å². The minimum atomic E-state index is -1.06. The molecule has 7 heteroatoms. The fourth-order valence-corrected chi connectivity index (χ4v) is 3.74. The summed E-state index contributed by atoms with van der Waals surface area (Å²) in [7, 11) is 0. The van der Waals surface area contributed by atoms with Crippen molar-refractivity contribution in [2.75, 3.05) is 0 Å². The molecule has 3 aromatic carbocycles. The number of aromatic hydroxyl groups is 2. The van der Waals surface area contributed by atoms with Gasteiger partial charge >= 0.3 is 5.97 Å². The van der Waals surface area contributed by atoms with E-state index in [1.54, 1.807) is 6.07 Å². The maximum atomic E-state index is 12.7. The number of phenols is 2. The third kappa shape index (κ3) is 4.46. The van der Waals surface area contributed by atoms with Crippen LogP contribution in [0.4, 0.5) is 0 Å². The molecule has 1 heterocycles. The van der Waals surface area contributed by atoms with E-state index in [4.69, 9.17) is 5.11 Å². The molecule has 0 aliphatic carbocycles. The van der Waals surface area contributed by atoms with E-state index in [0.29, 0.717) is 17.7 Å². The lowest BCUT2D eigenvalue weighted by molar-refractivity contribution is -0.141. The molecule has 4 rings (SSSR count). The molecule has 1 amide bonds. The van der Waals surface area contributed by atoms with Gasteiger partial charge in [-0.2, -0.15) is 5.10 Å². The van der Waals surface area contributed by atoms with E-state index < -0.39 is 17.9 Å². The van der Waals surface area contributed by atoms with Crippen LogP contribution < -0.4 is 0 Å². The molecule has 1 atom stereocenters. The van der Waals surface area contributed by atoms with E-state index in [1.165, 1.54) is 17.1 Å². The lowest BCUT2D eigenvalue weighted by Gasteiger charge is -2.22. The van der Waals surface area contributed by atoms with Gasteiger partial charge in [0, 0.05) is 12.8 Å². The normalized spacial score (nSPS) is 15.4. The third-order valence-electron chi connectivity index (χ3n) is 5.43. The minimum Gasteiger partial charge on any atom is -0.504 e. The highest BCUT2D eigenvalue weighted by atomic mass is 16.4. The van der Waals surface area contributed by atoms with Crippen LogP contribution in [0.5, 0.6) is 11.5 Å². The van der Waals surface area contributed by atoms with Crippen molar-refractivity contribution in [2.45, 2.75) is 25.3 Å². The highest BCUT2D eigenvalue weighted by molar-refractivity contribution is 6.03. The first kappa shape index (κ1) is 21.1. The van der Waals surface area contributed by atoms with Crippen molar-refractivity contribution in [1.29, 1.82) is 0 Å². The van der Waals surface area contributed by atoms with Gasteiger partial charge in [-0.1, -0.05) is 60.7 Å². The van der Waals surface area contributed by atoms with E-state index in [1.807, 2.05) is 54.6 Å². The molecule has 0 saturated carbocycles. The number of hydrazone groups is 1. The predicted molar refractivity (Wildman–Crippen MR) is 119 cm³/mol. The number of aliphatic carboxylic acids is 1. The second kappa shape index (κ2) is 8.93. The zero-order valence-electron chi connectivity index (χ0n) is 17.2. The topological polar surface area (TPSA) is 110 Å². The summed E-state index contributed by atoms with van der Waals surface area (Å²) in [5.41, 5.74) is 4.29. The summed E-state index contributed by atoms with van der Waals surface area (Å²) in [6.45, 7) is 0. The van der Waals surface area contributed by atoms with E-state index in [-0.39, 0.29) is 24.3 Å². The Hall–Kier alpha value is -4.13. The molecule has 3 N–H and O–H groups in total. The molecule has 1 aliphatic heterocycles. The largest absolute Gasteiger partial charge is 0.504 e. The number of hydrogen-bond acceptors (Lipinski definition) is 5. The average Bonchev–Trinajstić information content (AvgIpc) is 3.25. The Kier molecular flexibility index (Phi) is 5.89. The highest BCUT2D eigenvalue weighted by Crippen LogP contribution is 2.37. The number of hydrogen-bond donors (Lipinski definition) is 3. The van der Waals surface area contributed by atoms with Crippen molar-refractivity contribution in [3.05, 3.63) is 83.9 Å². The number of carboxylic acid groups (broad SMARTS) is 1. The van der Waals surface area contributed by atoms with Crippen LogP contribution in [-0.2, 0) is 9.59 Å². The lowest BCUT2D eigenvalue weighted by Crippen LogP contribution is -2.27. The molecule has 0 spiro atoms. The van der Waals surface area contributed by atoms with Gasteiger partial charge in [0.1, 0.15) is 0 Å². The quantitative estimate of drug-likeness (QED) is 0.505. The molecular formula is C25H22N2O5. The van der Waals surface area contributed by atoms with Crippen molar-refractivity contribution in [1.82, 2.24) is 5.01 Å².